The Morgan fingerprint density at radius 2 is 1.83 bits per heavy atom. The van der Waals surface area contributed by atoms with E-state index >= 15 is 0 Å². The van der Waals surface area contributed by atoms with Gasteiger partial charge in [-0.05, 0) is 42.0 Å². The Morgan fingerprint density at radius 1 is 1.22 bits per heavy atom. The van der Waals surface area contributed by atoms with Crippen LogP contribution in [0.1, 0.15) is 25.8 Å². The third-order valence-electron chi connectivity index (χ3n) is 3.84. The van der Waals surface area contributed by atoms with Crippen LogP contribution in [-0.4, -0.2) is 36.5 Å². The monoisotopic (exact) mass is 379 g/mol. The molecule has 23 heavy (non-hydrogen) atoms. The Kier molecular flexibility index (Phi) is 6.39. The van der Waals surface area contributed by atoms with Gasteiger partial charge in [0.1, 0.15) is 0 Å². The Balaban J connectivity index is 1.79. The number of ether oxygens (including phenoxy) is 1. The third-order valence-corrected chi connectivity index (χ3v) is 4.37. The van der Waals surface area contributed by atoms with Crippen LogP contribution < -0.4 is 0 Å². The predicted octanol–water partition coefficient (Wildman–Crippen LogP) is 3.51. The van der Waals surface area contributed by atoms with Crippen LogP contribution in [-0.2, 0) is 14.3 Å². The predicted molar refractivity (Wildman–Crippen MR) is 93.7 cm³/mol. The molecule has 1 saturated heterocycles. The van der Waals surface area contributed by atoms with E-state index in [-0.39, 0.29) is 12.5 Å². The van der Waals surface area contributed by atoms with E-state index in [4.69, 9.17) is 4.74 Å². The van der Waals surface area contributed by atoms with E-state index in [9.17, 15) is 9.59 Å². The molecule has 1 amide bonds. The average Bonchev–Trinajstić information content (AvgIpc) is 2.51. The van der Waals surface area contributed by atoms with Gasteiger partial charge in [0, 0.05) is 23.6 Å². The minimum Gasteiger partial charge on any atom is -0.452 e. The number of halogens is 1. The van der Waals surface area contributed by atoms with E-state index in [0.29, 0.717) is 11.8 Å². The average molecular weight is 380 g/mol. The number of likely N-dealkylation sites (tertiary alicyclic amines) is 1. The molecule has 0 bridgehead atoms. The molecule has 0 saturated carbocycles. The van der Waals surface area contributed by atoms with E-state index in [0.717, 1.165) is 29.5 Å². The Labute approximate surface area is 145 Å². The van der Waals surface area contributed by atoms with E-state index in [1.165, 1.54) is 6.08 Å². The number of amides is 1. The van der Waals surface area contributed by atoms with E-state index in [2.05, 4.69) is 29.8 Å². The van der Waals surface area contributed by atoms with E-state index in [1.54, 1.807) is 11.0 Å². The molecule has 0 aromatic heterocycles. The molecule has 0 unspecified atom stereocenters. The smallest absolute Gasteiger partial charge is 0.331 e. The van der Waals surface area contributed by atoms with Crippen molar-refractivity contribution >= 4 is 33.9 Å². The van der Waals surface area contributed by atoms with Gasteiger partial charge in [-0.2, -0.15) is 0 Å². The van der Waals surface area contributed by atoms with Gasteiger partial charge >= 0.3 is 5.97 Å². The first-order valence-electron chi connectivity index (χ1n) is 7.82. The molecule has 5 heteroatoms. The molecule has 1 heterocycles. The summed E-state index contributed by atoms with van der Waals surface area (Å²) in [5.41, 5.74) is 0.898. The van der Waals surface area contributed by atoms with Gasteiger partial charge in [-0.3, -0.25) is 4.79 Å². The molecule has 0 aliphatic carbocycles. The number of nitrogens with zero attached hydrogens (tertiary/aromatic N) is 1. The number of esters is 1. The quantitative estimate of drug-likeness (QED) is 0.593. The summed E-state index contributed by atoms with van der Waals surface area (Å²) >= 11 is 3.35. The maximum atomic E-state index is 12.1. The van der Waals surface area contributed by atoms with Crippen molar-refractivity contribution in [2.24, 2.45) is 11.8 Å². The molecule has 1 fully saturated rings. The van der Waals surface area contributed by atoms with Crippen LogP contribution in [0.15, 0.2) is 34.8 Å². The van der Waals surface area contributed by atoms with Crippen molar-refractivity contribution in [1.29, 1.82) is 0 Å². The number of carbonyl (C=O) groups is 2. The number of hydrogen-bond donors (Lipinski definition) is 0. The minimum absolute atomic E-state index is 0.117. The minimum atomic E-state index is -0.501. The molecule has 1 aliphatic heterocycles. The molecule has 0 N–H and O–H groups in total. The lowest BCUT2D eigenvalue weighted by molar-refractivity contribution is -0.149. The van der Waals surface area contributed by atoms with Crippen molar-refractivity contribution in [2.45, 2.75) is 20.3 Å². The maximum Gasteiger partial charge on any atom is 0.331 e. The highest BCUT2D eigenvalue weighted by atomic mass is 79.9. The van der Waals surface area contributed by atoms with Crippen molar-refractivity contribution in [3.8, 4) is 0 Å². The Morgan fingerprint density at radius 3 is 2.43 bits per heavy atom. The molecule has 124 valence electrons. The van der Waals surface area contributed by atoms with Gasteiger partial charge < -0.3 is 9.64 Å². The summed E-state index contributed by atoms with van der Waals surface area (Å²) in [6.45, 7) is 5.58. The van der Waals surface area contributed by atoms with Crippen molar-refractivity contribution in [3.05, 3.63) is 40.4 Å². The largest absolute Gasteiger partial charge is 0.452 e. The van der Waals surface area contributed by atoms with Gasteiger partial charge in [0.05, 0.1) is 0 Å². The number of benzene rings is 1. The zero-order valence-electron chi connectivity index (χ0n) is 13.5. The first-order chi connectivity index (χ1) is 10.9. The summed E-state index contributed by atoms with van der Waals surface area (Å²) in [4.78, 5) is 25.6. The first-order valence-corrected chi connectivity index (χ1v) is 8.61. The van der Waals surface area contributed by atoms with E-state index < -0.39 is 5.97 Å². The summed E-state index contributed by atoms with van der Waals surface area (Å²) in [7, 11) is 0. The highest BCUT2D eigenvalue weighted by Gasteiger charge is 2.25. The first kappa shape index (κ1) is 17.7. The second kappa shape index (κ2) is 8.29. The van der Waals surface area contributed by atoms with Crippen LogP contribution in [0.4, 0.5) is 0 Å². The van der Waals surface area contributed by atoms with Crippen LogP contribution in [0, 0.1) is 11.8 Å². The molecule has 2 rings (SSSR count). The van der Waals surface area contributed by atoms with Gasteiger partial charge in [0.15, 0.2) is 6.61 Å². The van der Waals surface area contributed by atoms with Crippen LogP contribution in [0.25, 0.3) is 6.08 Å². The van der Waals surface area contributed by atoms with Gasteiger partial charge in [0.2, 0.25) is 0 Å². The van der Waals surface area contributed by atoms with Gasteiger partial charge in [-0.15, -0.1) is 0 Å². The second-order valence-corrected chi connectivity index (χ2v) is 7.15. The molecular formula is C18H22BrNO3. The summed E-state index contributed by atoms with van der Waals surface area (Å²) < 4.78 is 6.03. The topological polar surface area (TPSA) is 46.6 Å². The molecule has 1 aromatic carbocycles. The fourth-order valence-electron chi connectivity index (χ4n) is 2.88. The van der Waals surface area contributed by atoms with E-state index in [1.807, 2.05) is 24.3 Å². The number of piperidine rings is 1. The zero-order chi connectivity index (χ0) is 16.8. The molecule has 1 aromatic rings. The highest BCUT2D eigenvalue weighted by Crippen LogP contribution is 2.20. The maximum absolute atomic E-state index is 12.1. The van der Waals surface area contributed by atoms with Gasteiger partial charge in [0.25, 0.3) is 5.91 Å². The normalized spacial score (nSPS) is 21.4. The SMILES string of the molecule is C[C@H]1C[C@H](C)CN(C(=O)COC(=O)/C=C/c2ccc(Br)cc2)C1. The van der Waals surface area contributed by atoms with Crippen molar-refractivity contribution in [3.63, 3.8) is 0 Å². The summed E-state index contributed by atoms with van der Waals surface area (Å²) in [6, 6.07) is 7.56. The van der Waals surface area contributed by atoms with Gasteiger partial charge in [-0.25, -0.2) is 4.79 Å². The standard InChI is InChI=1S/C18H22BrNO3/c1-13-9-14(2)11-20(10-13)17(21)12-23-18(22)8-5-15-3-6-16(19)7-4-15/h3-8,13-14H,9-12H2,1-2H3/b8-5+/t13-,14-/m0/s1. The number of hydrogen-bond acceptors (Lipinski definition) is 3. The fourth-order valence-corrected chi connectivity index (χ4v) is 3.14. The number of rotatable bonds is 4. The summed E-state index contributed by atoms with van der Waals surface area (Å²) in [6.07, 6.45) is 4.15. The van der Waals surface area contributed by atoms with Crippen LogP contribution in [0.2, 0.25) is 0 Å². The Bertz CT molecular complexity index is 572. The molecule has 4 nitrogen and oxygen atoms in total. The molecule has 2 atom stereocenters. The van der Waals surface area contributed by atoms with Crippen LogP contribution in [0.3, 0.4) is 0 Å². The highest BCUT2D eigenvalue weighted by molar-refractivity contribution is 9.10. The lowest BCUT2D eigenvalue weighted by Crippen LogP contribution is -2.44. The van der Waals surface area contributed by atoms with Crippen LogP contribution >= 0.6 is 15.9 Å². The summed E-state index contributed by atoms with van der Waals surface area (Å²) in [5.74, 6) is 0.375. The van der Waals surface area contributed by atoms with Crippen molar-refractivity contribution in [1.82, 2.24) is 4.90 Å². The summed E-state index contributed by atoms with van der Waals surface area (Å²) in [5, 5.41) is 0. The lowest BCUT2D eigenvalue weighted by atomic mass is 9.92. The van der Waals surface area contributed by atoms with Crippen LogP contribution in [0.5, 0.6) is 0 Å². The molecule has 0 radical (unpaired) electrons. The zero-order valence-corrected chi connectivity index (χ0v) is 15.1. The second-order valence-electron chi connectivity index (χ2n) is 6.24. The molecule has 1 aliphatic rings. The fraction of sp³-hybridized carbons (Fsp3) is 0.444. The third kappa shape index (κ3) is 5.82. The van der Waals surface area contributed by atoms with Crippen molar-refractivity contribution in [2.75, 3.05) is 19.7 Å². The Hall–Kier alpha value is -1.62. The lowest BCUT2D eigenvalue weighted by Gasteiger charge is -2.34. The molecule has 0 spiro atoms. The number of carbonyl (C=O) groups excluding carboxylic acids is 2. The van der Waals surface area contributed by atoms with Gasteiger partial charge in [-0.1, -0.05) is 41.9 Å². The van der Waals surface area contributed by atoms with Crippen molar-refractivity contribution < 1.29 is 14.3 Å². The molecular weight excluding hydrogens is 358 g/mol.